The maximum Gasteiger partial charge on any atom is 0.416 e. The van der Waals surface area contributed by atoms with Gasteiger partial charge in [0, 0.05) is 24.4 Å². The van der Waals surface area contributed by atoms with Gasteiger partial charge in [0.15, 0.2) is 0 Å². The predicted molar refractivity (Wildman–Crippen MR) is 113 cm³/mol. The first-order chi connectivity index (χ1) is 15.1. The van der Waals surface area contributed by atoms with Crippen molar-refractivity contribution in [3.05, 3.63) is 57.8 Å². The van der Waals surface area contributed by atoms with Gasteiger partial charge >= 0.3 is 12.2 Å². The number of urea groups is 1. The highest BCUT2D eigenvalue weighted by Gasteiger charge is 2.32. The van der Waals surface area contributed by atoms with E-state index in [-0.39, 0.29) is 24.4 Å². The van der Waals surface area contributed by atoms with Crippen molar-refractivity contribution >= 4 is 29.2 Å². The molecule has 4 amide bonds. The van der Waals surface area contributed by atoms with Crippen LogP contribution < -0.4 is 16.4 Å². The number of carbonyl (C=O) groups excluding carboxylic acids is 3. The normalized spacial score (nSPS) is 16.0. The SMILES string of the molecule is NC(=O)NC(CC(=O)NC(CN1CCCC1=O)c1cccc(C(F)(F)F)c1)c1cccs1. The van der Waals surface area contributed by atoms with Gasteiger partial charge in [-0.15, -0.1) is 11.3 Å². The topological polar surface area (TPSA) is 105 Å². The number of amides is 4. The second kappa shape index (κ2) is 10.0. The van der Waals surface area contributed by atoms with Gasteiger partial charge in [0.25, 0.3) is 0 Å². The van der Waals surface area contributed by atoms with Crippen LogP contribution in [0.25, 0.3) is 0 Å². The molecule has 1 aliphatic heterocycles. The number of carbonyl (C=O) groups is 3. The first kappa shape index (κ1) is 23.6. The van der Waals surface area contributed by atoms with E-state index in [9.17, 15) is 27.6 Å². The van der Waals surface area contributed by atoms with E-state index in [4.69, 9.17) is 5.73 Å². The molecule has 7 nitrogen and oxygen atoms in total. The number of likely N-dealkylation sites (tertiary alicyclic amines) is 1. The Balaban J connectivity index is 1.81. The zero-order chi connectivity index (χ0) is 23.3. The molecule has 1 aromatic carbocycles. The van der Waals surface area contributed by atoms with Crippen LogP contribution in [0.3, 0.4) is 0 Å². The molecule has 2 unspecified atom stereocenters. The second-order valence-electron chi connectivity index (χ2n) is 7.47. The molecule has 2 heterocycles. The van der Waals surface area contributed by atoms with Crippen LogP contribution in [-0.2, 0) is 15.8 Å². The van der Waals surface area contributed by atoms with Crippen LogP contribution >= 0.6 is 11.3 Å². The van der Waals surface area contributed by atoms with Crippen molar-refractivity contribution in [2.45, 2.75) is 37.5 Å². The lowest BCUT2D eigenvalue weighted by atomic mass is 10.0. The van der Waals surface area contributed by atoms with E-state index in [2.05, 4.69) is 10.6 Å². The van der Waals surface area contributed by atoms with Crippen LogP contribution in [0.2, 0.25) is 0 Å². The van der Waals surface area contributed by atoms with Crippen LogP contribution in [0.15, 0.2) is 41.8 Å². The van der Waals surface area contributed by atoms with Gasteiger partial charge < -0.3 is 21.3 Å². The van der Waals surface area contributed by atoms with Crippen molar-refractivity contribution in [3.8, 4) is 0 Å². The minimum Gasteiger partial charge on any atom is -0.352 e. The molecule has 1 saturated heterocycles. The van der Waals surface area contributed by atoms with Crippen molar-refractivity contribution in [1.29, 1.82) is 0 Å². The summed E-state index contributed by atoms with van der Waals surface area (Å²) in [5, 5.41) is 7.03. The van der Waals surface area contributed by atoms with Crippen LogP contribution in [-0.4, -0.2) is 35.8 Å². The molecular weight excluding hydrogens is 445 g/mol. The van der Waals surface area contributed by atoms with Crippen LogP contribution in [0.4, 0.5) is 18.0 Å². The fraction of sp³-hybridized carbons (Fsp3) is 0.381. The minimum atomic E-state index is -4.54. The molecule has 0 aliphatic carbocycles. The fourth-order valence-corrected chi connectivity index (χ4v) is 4.38. The third kappa shape index (κ3) is 6.22. The fourth-order valence-electron chi connectivity index (χ4n) is 3.61. The van der Waals surface area contributed by atoms with Crippen molar-refractivity contribution in [1.82, 2.24) is 15.5 Å². The molecule has 0 saturated carbocycles. The first-order valence-corrected chi connectivity index (χ1v) is 10.8. The van der Waals surface area contributed by atoms with Crippen molar-refractivity contribution in [2.75, 3.05) is 13.1 Å². The number of alkyl halides is 3. The molecule has 4 N–H and O–H groups in total. The number of hydrogen-bond donors (Lipinski definition) is 3. The third-order valence-corrected chi connectivity index (χ3v) is 6.10. The lowest BCUT2D eigenvalue weighted by molar-refractivity contribution is -0.137. The summed E-state index contributed by atoms with van der Waals surface area (Å²) in [6.45, 7) is 0.532. The molecule has 2 aromatic rings. The number of nitrogens with zero attached hydrogens (tertiary/aromatic N) is 1. The van der Waals surface area contributed by atoms with Gasteiger partial charge in [0.2, 0.25) is 11.8 Å². The third-order valence-electron chi connectivity index (χ3n) is 5.12. The molecule has 0 radical (unpaired) electrons. The zero-order valence-corrected chi connectivity index (χ0v) is 17.8. The second-order valence-corrected chi connectivity index (χ2v) is 8.45. The molecule has 1 aliphatic rings. The van der Waals surface area contributed by atoms with E-state index in [0.717, 1.165) is 12.1 Å². The maximum absolute atomic E-state index is 13.2. The molecule has 3 rings (SSSR count). The summed E-state index contributed by atoms with van der Waals surface area (Å²) < 4.78 is 39.6. The minimum absolute atomic E-state index is 0.0544. The number of thiophene rings is 1. The lowest BCUT2D eigenvalue weighted by Gasteiger charge is -2.26. The summed E-state index contributed by atoms with van der Waals surface area (Å²) >= 11 is 1.33. The Morgan fingerprint density at radius 3 is 2.53 bits per heavy atom. The van der Waals surface area contributed by atoms with Gasteiger partial charge in [0.1, 0.15) is 0 Å². The van der Waals surface area contributed by atoms with Gasteiger partial charge in [-0.3, -0.25) is 9.59 Å². The number of primary amides is 1. The number of nitrogens with one attached hydrogen (secondary N) is 2. The smallest absolute Gasteiger partial charge is 0.352 e. The highest BCUT2D eigenvalue weighted by molar-refractivity contribution is 7.10. The number of nitrogens with two attached hydrogens (primary N) is 1. The largest absolute Gasteiger partial charge is 0.416 e. The Labute approximate surface area is 186 Å². The Morgan fingerprint density at radius 1 is 1.16 bits per heavy atom. The number of hydrogen-bond acceptors (Lipinski definition) is 4. The number of rotatable bonds is 8. The Kier molecular flexibility index (Phi) is 7.39. The van der Waals surface area contributed by atoms with Crippen LogP contribution in [0.1, 0.15) is 47.4 Å². The predicted octanol–water partition coefficient (Wildman–Crippen LogP) is 3.35. The average Bonchev–Trinajstić information content (AvgIpc) is 3.38. The van der Waals surface area contributed by atoms with Gasteiger partial charge in [0.05, 0.1) is 24.1 Å². The Bertz CT molecular complexity index is 965. The van der Waals surface area contributed by atoms with Gasteiger partial charge in [-0.25, -0.2) is 4.79 Å². The van der Waals surface area contributed by atoms with Gasteiger partial charge in [-0.2, -0.15) is 13.2 Å². The molecule has 1 aromatic heterocycles. The monoisotopic (exact) mass is 468 g/mol. The lowest BCUT2D eigenvalue weighted by Crippen LogP contribution is -2.41. The standard InChI is InChI=1S/C21H23F3N4O3S/c22-21(23,24)14-5-1-4-13(10-14)16(12-28-8-2-7-19(28)30)26-18(29)11-15(27-20(25)31)17-6-3-9-32-17/h1,3-6,9-10,15-16H,2,7-8,11-12H2,(H,26,29)(H3,25,27,31). The van der Waals surface area contributed by atoms with Crippen LogP contribution in [0, 0.1) is 0 Å². The summed E-state index contributed by atoms with van der Waals surface area (Å²) in [4.78, 5) is 38.5. The molecule has 1 fully saturated rings. The molecule has 32 heavy (non-hydrogen) atoms. The highest BCUT2D eigenvalue weighted by atomic mass is 32.1. The molecule has 2 atom stereocenters. The molecular formula is C21H23F3N4O3S. The molecule has 0 spiro atoms. The highest BCUT2D eigenvalue weighted by Crippen LogP contribution is 2.31. The molecule has 11 heteroatoms. The van der Waals surface area contributed by atoms with Crippen LogP contribution in [0.5, 0.6) is 0 Å². The zero-order valence-electron chi connectivity index (χ0n) is 17.0. The van der Waals surface area contributed by atoms with Crippen molar-refractivity contribution in [3.63, 3.8) is 0 Å². The summed E-state index contributed by atoms with van der Waals surface area (Å²) in [6.07, 6.45) is -3.67. The maximum atomic E-state index is 13.2. The number of halogens is 3. The Hall–Kier alpha value is -3.08. The average molecular weight is 469 g/mol. The number of benzene rings is 1. The molecule has 0 bridgehead atoms. The van der Waals surface area contributed by atoms with Crippen molar-refractivity contribution < 1.29 is 27.6 Å². The van der Waals surface area contributed by atoms with Gasteiger partial charge in [-0.05, 0) is 35.6 Å². The quantitative estimate of drug-likeness (QED) is 0.553. The summed E-state index contributed by atoms with van der Waals surface area (Å²) in [6, 6.07) is 5.87. The van der Waals surface area contributed by atoms with E-state index in [1.165, 1.54) is 28.4 Å². The Morgan fingerprint density at radius 2 is 1.94 bits per heavy atom. The van der Waals surface area contributed by atoms with E-state index >= 15 is 0 Å². The first-order valence-electron chi connectivity index (χ1n) is 9.97. The van der Waals surface area contributed by atoms with E-state index in [0.29, 0.717) is 24.3 Å². The summed E-state index contributed by atoms with van der Waals surface area (Å²) in [5.74, 6) is -0.603. The van der Waals surface area contributed by atoms with Gasteiger partial charge in [-0.1, -0.05) is 18.2 Å². The van der Waals surface area contributed by atoms with E-state index in [1.807, 2.05) is 0 Å². The summed E-state index contributed by atoms with van der Waals surface area (Å²) in [5.41, 5.74) is 4.62. The molecule has 172 valence electrons. The summed E-state index contributed by atoms with van der Waals surface area (Å²) in [7, 11) is 0. The van der Waals surface area contributed by atoms with E-state index < -0.39 is 35.8 Å². The van der Waals surface area contributed by atoms with E-state index in [1.54, 1.807) is 17.5 Å². The van der Waals surface area contributed by atoms with Crippen molar-refractivity contribution in [2.24, 2.45) is 5.73 Å².